The van der Waals surface area contributed by atoms with Crippen LogP contribution in [0.25, 0.3) is 6.08 Å². The lowest BCUT2D eigenvalue weighted by molar-refractivity contribution is -0.130. The Morgan fingerprint density at radius 1 is 1.16 bits per heavy atom. The van der Waals surface area contributed by atoms with Crippen molar-refractivity contribution in [3.05, 3.63) is 81.7 Å². The number of ether oxygens (including phenoxy) is 1. The summed E-state index contributed by atoms with van der Waals surface area (Å²) in [5.74, 6) is -1.50. The number of aliphatic imine (C=N–C) groups is 1. The number of aryl methyl sites for hydroxylation is 2. The van der Waals surface area contributed by atoms with Gasteiger partial charge in [-0.25, -0.2) is 19.2 Å². The molecule has 6 nitrogen and oxygen atoms in total. The fraction of sp³-hybridized carbons (Fsp3) is 0.130. The molecule has 0 N–H and O–H groups in total. The number of cyclic esters (lactones) is 1. The van der Waals surface area contributed by atoms with Gasteiger partial charge in [0.15, 0.2) is 10.8 Å². The van der Waals surface area contributed by atoms with Gasteiger partial charge >= 0.3 is 5.97 Å². The van der Waals surface area contributed by atoms with Crippen molar-refractivity contribution in [2.45, 2.75) is 20.8 Å². The molecule has 0 radical (unpaired) electrons. The molecule has 156 valence electrons. The second-order valence-corrected chi connectivity index (χ2v) is 7.83. The van der Waals surface area contributed by atoms with E-state index in [4.69, 9.17) is 4.74 Å². The van der Waals surface area contributed by atoms with Gasteiger partial charge < -0.3 is 4.74 Å². The molecular weight excluding hydrogens is 417 g/mol. The Bertz CT molecular complexity index is 1260. The summed E-state index contributed by atoms with van der Waals surface area (Å²) in [6, 6.07) is 11.7. The smallest absolute Gasteiger partial charge is 0.363 e. The van der Waals surface area contributed by atoms with E-state index >= 15 is 0 Å². The number of rotatable bonds is 4. The highest BCUT2D eigenvalue weighted by molar-refractivity contribution is 7.14. The quantitative estimate of drug-likeness (QED) is 0.430. The van der Waals surface area contributed by atoms with E-state index in [2.05, 4.69) is 9.98 Å². The van der Waals surface area contributed by atoms with Crippen molar-refractivity contribution in [2.75, 3.05) is 4.90 Å². The summed E-state index contributed by atoms with van der Waals surface area (Å²) >= 11 is 1.26. The Labute approximate surface area is 182 Å². The van der Waals surface area contributed by atoms with E-state index in [-0.39, 0.29) is 23.1 Å². The largest absolute Gasteiger partial charge is 0.402 e. The molecule has 0 unspecified atom stereocenters. The number of amides is 1. The molecule has 0 aliphatic carbocycles. The van der Waals surface area contributed by atoms with Gasteiger partial charge in [-0.05, 0) is 55.3 Å². The zero-order valence-electron chi connectivity index (χ0n) is 17.0. The maximum Gasteiger partial charge on any atom is 0.363 e. The maximum atomic E-state index is 14.0. The van der Waals surface area contributed by atoms with E-state index in [0.717, 1.165) is 11.1 Å². The minimum atomic E-state index is -0.689. The Balaban J connectivity index is 1.65. The molecule has 8 heteroatoms. The third-order valence-corrected chi connectivity index (χ3v) is 5.62. The van der Waals surface area contributed by atoms with Crippen LogP contribution in [0.15, 0.2) is 58.5 Å². The fourth-order valence-electron chi connectivity index (χ4n) is 3.04. The van der Waals surface area contributed by atoms with E-state index < -0.39 is 11.8 Å². The van der Waals surface area contributed by atoms with Crippen molar-refractivity contribution >= 4 is 46.0 Å². The van der Waals surface area contributed by atoms with Crippen LogP contribution in [-0.2, 0) is 14.3 Å². The molecule has 31 heavy (non-hydrogen) atoms. The number of esters is 1. The number of benzene rings is 2. The van der Waals surface area contributed by atoms with Crippen LogP contribution in [0.3, 0.4) is 0 Å². The van der Waals surface area contributed by atoms with Crippen LogP contribution in [-0.4, -0.2) is 22.8 Å². The molecule has 2 aromatic carbocycles. The van der Waals surface area contributed by atoms with Crippen LogP contribution in [0.5, 0.6) is 0 Å². The summed E-state index contributed by atoms with van der Waals surface area (Å²) in [7, 11) is 0. The summed E-state index contributed by atoms with van der Waals surface area (Å²) in [4.78, 5) is 34.6. The van der Waals surface area contributed by atoms with E-state index in [1.165, 1.54) is 41.4 Å². The zero-order valence-corrected chi connectivity index (χ0v) is 17.9. The summed E-state index contributed by atoms with van der Waals surface area (Å²) in [5.41, 5.74) is 3.46. The van der Waals surface area contributed by atoms with Crippen molar-refractivity contribution in [1.29, 1.82) is 0 Å². The number of thiazole rings is 1. The highest BCUT2D eigenvalue weighted by Gasteiger charge is 2.26. The molecular formula is C23H18FN3O3S. The van der Waals surface area contributed by atoms with Crippen LogP contribution >= 0.6 is 11.3 Å². The van der Waals surface area contributed by atoms with Crippen LogP contribution in [0.4, 0.5) is 15.2 Å². The van der Waals surface area contributed by atoms with E-state index in [9.17, 15) is 14.0 Å². The van der Waals surface area contributed by atoms with Gasteiger partial charge in [0.05, 0.1) is 16.9 Å². The van der Waals surface area contributed by atoms with Gasteiger partial charge in [-0.1, -0.05) is 18.2 Å². The van der Waals surface area contributed by atoms with Crippen LogP contribution in [0, 0.1) is 19.7 Å². The Morgan fingerprint density at radius 2 is 1.94 bits per heavy atom. The van der Waals surface area contributed by atoms with Crippen molar-refractivity contribution in [3.63, 3.8) is 0 Å². The van der Waals surface area contributed by atoms with Gasteiger partial charge in [0.1, 0.15) is 5.82 Å². The van der Waals surface area contributed by atoms with Crippen LogP contribution in [0.2, 0.25) is 0 Å². The number of hydrogen-bond acceptors (Lipinski definition) is 6. The first-order chi connectivity index (χ1) is 14.8. The topological polar surface area (TPSA) is 71.9 Å². The number of aromatic nitrogens is 1. The molecule has 1 aliphatic heterocycles. The second kappa shape index (κ2) is 8.23. The highest BCUT2D eigenvalue weighted by Crippen LogP contribution is 2.31. The van der Waals surface area contributed by atoms with Gasteiger partial charge in [0.2, 0.25) is 11.8 Å². The third-order valence-electron chi connectivity index (χ3n) is 4.77. The summed E-state index contributed by atoms with van der Waals surface area (Å²) < 4.78 is 19.1. The minimum absolute atomic E-state index is 0.00987. The van der Waals surface area contributed by atoms with Crippen molar-refractivity contribution in [3.8, 4) is 0 Å². The highest BCUT2D eigenvalue weighted by atomic mass is 32.1. The van der Waals surface area contributed by atoms with Crippen molar-refractivity contribution in [1.82, 2.24) is 4.98 Å². The average Bonchev–Trinajstić information content (AvgIpc) is 3.32. The van der Waals surface area contributed by atoms with E-state index in [1.54, 1.807) is 17.5 Å². The molecule has 2 heterocycles. The standard InChI is InChI=1S/C23H18FN3O3S/c1-13-8-9-17(10-14(13)2)27(15(3)28)23-25-16(12-31-23)11-20-22(29)30-21(26-20)18-6-4-5-7-19(18)24/h4-12H,1-3H3/b20-11-. The molecule has 0 spiro atoms. The molecule has 1 aliphatic rings. The predicted octanol–water partition coefficient (Wildman–Crippen LogP) is 4.93. The number of halogens is 1. The van der Waals surface area contributed by atoms with Gasteiger partial charge in [0, 0.05) is 12.3 Å². The van der Waals surface area contributed by atoms with Gasteiger partial charge in [-0.15, -0.1) is 11.3 Å². The molecule has 3 aromatic rings. The molecule has 0 bridgehead atoms. The van der Waals surface area contributed by atoms with Gasteiger partial charge in [0.25, 0.3) is 0 Å². The number of nitrogens with zero attached hydrogens (tertiary/aromatic N) is 3. The van der Waals surface area contributed by atoms with E-state index in [1.807, 2.05) is 32.0 Å². The van der Waals surface area contributed by atoms with Crippen LogP contribution in [0.1, 0.15) is 29.3 Å². The maximum absolute atomic E-state index is 14.0. The molecule has 1 amide bonds. The molecule has 4 rings (SSSR count). The van der Waals surface area contributed by atoms with Gasteiger partial charge in [-0.2, -0.15) is 0 Å². The summed E-state index contributed by atoms with van der Waals surface area (Å²) in [6.45, 7) is 5.45. The van der Waals surface area contributed by atoms with Crippen LogP contribution < -0.4 is 4.90 Å². The Hall–Kier alpha value is -3.65. The molecule has 0 saturated carbocycles. The summed E-state index contributed by atoms with van der Waals surface area (Å²) in [6.07, 6.45) is 1.45. The second-order valence-electron chi connectivity index (χ2n) is 6.99. The number of carbonyl (C=O) groups excluding carboxylic acids is 2. The lowest BCUT2D eigenvalue weighted by Crippen LogP contribution is -2.22. The number of hydrogen-bond donors (Lipinski definition) is 0. The SMILES string of the molecule is CC(=O)N(c1ccc(C)c(C)c1)c1nc(/C=C2\N=C(c3ccccc3F)OC2=O)cs1. The van der Waals surface area contributed by atoms with E-state index in [0.29, 0.717) is 16.5 Å². The minimum Gasteiger partial charge on any atom is -0.402 e. The Morgan fingerprint density at radius 3 is 2.65 bits per heavy atom. The lowest BCUT2D eigenvalue weighted by atomic mass is 10.1. The predicted molar refractivity (Wildman–Crippen MR) is 118 cm³/mol. The fourth-order valence-corrected chi connectivity index (χ4v) is 3.88. The molecule has 0 saturated heterocycles. The van der Waals surface area contributed by atoms with Crippen molar-refractivity contribution in [2.24, 2.45) is 4.99 Å². The average molecular weight is 435 g/mol. The number of carbonyl (C=O) groups is 2. The first kappa shape index (κ1) is 20.6. The monoisotopic (exact) mass is 435 g/mol. The first-order valence-electron chi connectivity index (χ1n) is 9.44. The number of anilines is 2. The molecule has 0 fully saturated rings. The first-order valence-corrected chi connectivity index (χ1v) is 10.3. The molecule has 0 atom stereocenters. The normalized spacial score (nSPS) is 14.5. The molecule has 1 aromatic heterocycles. The Kier molecular flexibility index (Phi) is 5.48. The third kappa shape index (κ3) is 4.15. The lowest BCUT2D eigenvalue weighted by Gasteiger charge is -2.19. The van der Waals surface area contributed by atoms with Gasteiger partial charge in [-0.3, -0.25) is 9.69 Å². The zero-order chi connectivity index (χ0) is 22.1. The summed E-state index contributed by atoms with van der Waals surface area (Å²) in [5, 5.41) is 2.18. The van der Waals surface area contributed by atoms with Crippen molar-refractivity contribution < 1.29 is 18.7 Å².